The largest absolute Gasteiger partial charge is 0.320 e. The topological polar surface area (TPSA) is 24.1 Å². The van der Waals surface area contributed by atoms with Gasteiger partial charge in [0.1, 0.15) is 0 Å². The van der Waals surface area contributed by atoms with E-state index in [2.05, 4.69) is 34.9 Å². The van der Waals surface area contributed by atoms with Gasteiger partial charge in [-0.15, -0.1) is 24.8 Å². The number of hydrogen-bond donors (Lipinski definition) is 2. The molecule has 0 aliphatic carbocycles. The second-order valence-corrected chi connectivity index (χ2v) is 3.12. The minimum atomic E-state index is 0. The van der Waals surface area contributed by atoms with Crippen molar-refractivity contribution in [3.63, 3.8) is 0 Å². The van der Waals surface area contributed by atoms with E-state index in [4.69, 9.17) is 0 Å². The van der Waals surface area contributed by atoms with Gasteiger partial charge in [0.05, 0.1) is 0 Å². The molecule has 0 spiro atoms. The quantitative estimate of drug-likeness (QED) is 0.757. The van der Waals surface area contributed by atoms with E-state index in [1.54, 1.807) is 0 Å². The summed E-state index contributed by atoms with van der Waals surface area (Å²) < 4.78 is 0. The zero-order chi connectivity index (χ0) is 9.36. The lowest BCUT2D eigenvalue weighted by atomic mass is 10.2. The maximum absolute atomic E-state index is 3.40. The van der Waals surface area contributed by atoms with E-state index >= 15 is 0 Å². The Labute approximate surface area is 105 Å². The Hall–Kier alpha value is -0.280. The molecule has 0 amide bonds. The van der Waals surface area contributed by atoms with Crippen LogP contribution in [0.5, 0.6) is 0 Å². The summed E-state index contributed by atoms with van der Waals surface area (Å²) in [7, 11) is 1.98. The van der Waals surface area contributed by atoms with Gasteiger partial charge in [-0.2, -0.15) is 0 Å². The molecular formula is C11H20Cl2N2. The van der Waals surface area contributed by atoms with Crippen molar-refractivity contribution in [2.75, 3.05) is 20.1 Å². The summed E-state index contributed by atoms with van der Waals surface area (Å²) in [5, 5.41) is 6.52. The molecule has 0 aliphatic heterocycles. The molecule has 88 valence electrons. The van der Waals surface area contributed by atoms with Gasteiger partial charge in [0.25, 0.3) is 0 Å². The summed E-state index contributed by atoms with van der Waals surface area (Å²) in [5.74, 6) is 0. The number of benzene rings is 1. The average molecular weight is 251 g/mol. The number of hydrogen-bond acceptors (Lipinski definition) is 2. The van der Waals surface area contributed by atoms with Gasteiger partial charge in [-0.25, -0.2) is 0 Å². The van der Waals surface area contributed by atoms with Crippen LogP contribution in [0.3, 0.4) is 0 Å². The first kappa shape index (κ1) is 17.1. The van der Waals surface area contributed by atoms with Gasteiger partial charge < -0.3 is 10.6 Å². The zero-order valence-electron chi connectivity index (χ0n) is 9.03. The molecule has 1 aromatic carbocycles. The fourth-order valence-corrected chi connectivity index (χ4v) is 1.22. The summed E-state index contributed by atoms with van der Waals surface area (Å²) in [6, 6.07) is 10.5. The van der Waals surface area contributed by atoms with Gasteiger partial charge in [0.2, 0.25) is 0 Å². The Kier molecular flexibility index (Phi) is 13.5. The van der Waals surface area contributed by atoms with Crippen LogP contribution in [0.15, 0.2) is 30.3 Å². The monoisotopic (exact) mass is 250 g/mol. The molecule has 15 heavy (non-hydrogen) atoms. The van der Waals surface area contributed by atoms with Crippen LogP contribution in [-0.4, -0.2) is 20.1 Å². The predicted molar refractivity (Wildman–Crippen MR) is 71.2 cm³/mol. The summed E-state index contributed by atoms with van der Waals surface area (Å²) in [6.07, 6.45) is 1.18. The lowest BCUT2D eigenvalue weighted by molar-refractivity contribution is 0.625. The van der Waals surface area contributed by atoms with Crippen molar-refractivity contribution in [1.82, 2.24) is 10.6 Å². The number of rotatable bonds is 6. The highest BCUT2D eigenvalue weighted by atomic mass is 35.5. The summed E-state index contributed by atoms with van der Waals surface area (Å²) >= 11 is 0. The maximum Gasteiger partial charge on any atom is 0.0205 e. The molecule has 0 fully saturated rings. The van der Waals surface area contributed by atoms with Crippen molar-refractivity contribution in [3.05, 3.63) is 35.9 Å². The Morgan fingerprint density at radius 1 is 1.00 bits per heavy atom. The van der Waals surface area contributed by atoms with Gasteiger partial charge in [0.15, 0.2) is 0 Å². The third-order valence-corrected chi connectivity index (χ3v) is 1.95. The first-order chi connectivity index (χ1) is 6.43. The Morgan fingerprint density at radius 2 is 1.67 bits per heavy atom. The van der Waals surface area contributed by atoms with E-state index in [1.165, 1.54) is 12.0 Å². The standard InChI is InChI=1S/C11H18N2.2ClH/c1-12-8-5-9-13-10-11-6-3-2-4-7-11;;/h2-4,6-7,12-13H,5,8-10H2,1H3;2*1H. The highest BCUT2D eigenvalue weighted by molar-refractivity contribution is 5.85. The van der Waals surface area contributed by atoms with Crippen LogP contribution in [-0.2, 0) is 6.54 Å². The summed E-state index contributed by atoms with van der Waals surface area (Å²) in [5.41, 5.74) is 1.35. The smallest absolute Gasteiger partial charge is 0.0205 e. The first-order valence-corrected chi connectivity index (χ1v) is 4.82. The van der Waals surface area contributed by atoms with E-state index < -0.39 is 0 Å². The number of halogens is 2. The predicted octanol–water partition coefficient (Wildman–Crippen LogP) is 2.23. The molecule has 0 unspecified atom stereocenters. The minimum Gasteiger partial charge on any atom is -0.320 e. The lowest BCUT2D eigenvalue weighted by Gasteiger charge is -2.03. The van der Waals surface area contributed by atoms with Crippen LogP contribution in [0.2, 0.25) is 0 Å². The van der Waals surface area contributed by atoms with Gasteiger partial charge in [-0.1, -0.05) is 30.3 Å². The number of nitrogens with one attached hydrogen (secondary N) is 2. The normalized spacial score (nSPS) is 8.87. The average Bonchev–Trinajstić information content (AvgIpc) is 2.19. The SMILES string of the molecule is CNCCCNCc1ccccc1.Cl.Cl. The van der Waals surface area contributed by atoms with Gasteiger partial charge in [-0.05, 0) is 32.1 Å². The minimum absolute atomic E-state index is 0. The van der Waals surface area contributed by atoms with Crippen molar-refractivity contribution in [1.29, 1.82) is 0 Å². The second kappa shape index (κ2) is 11.8. The van der Waals surface area contributed by atoms with Crippen LogP contribution >= 0.6 is 24.8 Å². The van der Waals surface area contributed by atoms with E-state index in [0.717, 1.165) is 19.6 Å². The Balaban J connectivity index is 0. The molecule has 0 bridgehead atoms. The van der Waals surface area contributed by atoms with Crippen molar-refractivity contribution < 1.29 is 0 Å². The van der Waals surface area contributed by atoms with Gasteiger partial charge >= 0.3 is 0 Å². The molecule has 1 aromatic rings. The van der Waals surface area contributed by atoms with Crippen LogP contribution in [0.1, 0.15) is 12.0 Å². The maximum atomic E-state index is 3.40. The Morgan fingerprint density at radius 3 is 2.27 bits per heavy atom. The molecule has 0 heterocycles. The lowest BCUT2D eigenvalue weighted by Crippen LogP contribution is -2.19. The Bertz CT molecular complexity index is 217. The molecule has 0 aromatic heterocycles. The molecule has 0 saturated carbocycles. The molecular weight excluding hydrogens is 231 g/mol. The molecule has 0 radical (unpaired) electrons. The molecule has 2 nitrogen and oxygen atoms in total. The third kappa shape index (κ3) is 8.70. The van der Waals surface area contributed by atoms with E-state index in [1.807, 2.05) is 13.1 Å². The van der Waals surface area contributed by atoms with E-state index in [-0.39, 0.29) is 24.8 Å². The molecule has 4 heteroatoms. The van der Waals surface area contributed by atoms with E-state index in [9.17, 15) is 0 Å². The van der Waals surface area contributed by atoms with Gasteiger partial charge in [0, 0.05) is 6.54 Å². The third-order valence-electron chi connectivity index (χ3n) is 1.95. The van der Waals surface area contributed by atoms with Crippen molar-refractivity contribution in [2.45, 2.75) is 13.0 Å². The summed E-state index contributed by atoms with van der Waals surface area (Å²) in [6.45, 7) is 3.14. The molecule has 0 saturated heterocycles. The second-order valence-electron chi connectivity index (χ2n) is 3.12. The zero-order valence-corrected chi connectivity index (χ0v) is 10.7. The first-order valence-electron chi connectivity index (χ1n) is 4.82. The van der Waals surface area contributed by atoms with Crippen molar-refractivity contribution in [2.24, 2.45) is 0 Å². The highest BCUT2D eigenvalue weighted by Gasteiger charge is 1.89. The van der Waals surface area contributed by atoms with Gasteiger partial charge in [-0.3, -0.25) is 0 Å². The van der Waals surface area contributed by atoms with Crippen molar-refractivity contribution >= 4 is 24.8 Å². The van der Waals surface area contributed by atoms with Crippen molar-refractivity contribution in [3.8, 4) is 0 Å². The van der Waals surface area contributed by atoms with Crippen LogP contribution in [0.25, 0.3) is 0 Å². The molecule has 2 N–H and O–H groups in total. The fraction of sp³-hybridized carbons (Fsp3) is 0.455. The fourth-order valence-electron chi connectivity index (χ4n) is 1.22. The molecule has 0 aliphatic rings. The molecule has 0 atom stereocenters. The van der Waals surface area contributed by atoms with Crippen LogP contribution in [0, 0.1) is 0 Å². The highest BCUT2D eigenvalue weighted by Crippen LogP contribution is 1.96. The molecule has 1 rings (SSSR count). The van der Waals surface area contributed by atoms with E-state index in [0.29, 0.717) is 0 Å². The van der Waals surface area contributed by atoms with Crippen LogP contribution < -0.4 is 10.6 Å². The summed E-state index contributed by atoms with van der Waals surface area (Å²) in [4.78, 5) is 0. The van der Waals surface area contributed by atoms with Crippen LogP contribution in [0.4, 0.5) is 0 Å².